The molecular formula is C22H20FN3O4. The van der Waals surface area contributed by atoms with Gasteiger partial charge in [0.05, 0.1) is 16.5 Å². The van der Waals surface area contributed by atoms with E-state index in [1.54, 1.807) is 29.7 Å². The van der Waals surface area contributed by atoms with Crippen LogP contribution in [0, 0.1) is 12.7 Å². The Hall–Kier alpha value is -3.55. The number of nitrogens with zero attached hydrogens (tertiary/aromatic N) is 2. The summed E-state index contributed by atoms with van der Waals surface area (Å²) in [7, 11) is 0. The van der Waals surface area contributed by atoms with Crippen molar-refractivity contribution < 1.29 is 18.7 Å². The summed E-state index contributed by atoms with van der Waals surface area (Å²) >= 11 is 0. The average Bonchev–Trinajstić information content (AvgIpc) is 3.19. The molecule has 0 spiro atoms. The number of hydrogen-bond acceptors (Lipinski definition) is 5. The smallest absolute Gasteiger partial charge is 0.338 e. The maximum atomic E-state index is 13.6. The van der Waals surface area contributed by atoms with Crippen LogP contribution < -0.4 is 10.9 Å². The molecule has 4 rings (SSSR count). The van der Waals surface area contributed by atoms with Crippen molar-refractivity contribution in [2.45, 2.75) is 39.3 Å². The Kier molecular flexibility index (Phi) is 5.07. The number of anilines is 1. The van der Waals surface area contributed by atoms with Gasteiger partial charge in [-0.1, -0.05) is 6.07 Å². The molecule has 1 amide bonds. The first-order chi connectivity index (χ1) is 14.3. The highest BCUT2D eigenvalue weighted by Gasteiger charge is 2.21. The lowest BCUT2D eigenvalue weighted by Crippen LogP contribution is -2.30. The van der Waals surface area contributed by atoms with Gasteiger partial charge in [0.2, 0.25) is 0 Å². The highest BCUT2D eigenvalue weighted by Crippen LogP contribution is 2.18. The van der Waals surface area contributed by atoms with E-state index in [1.807, 2.05) is 0 Å². The molecule has 7 nitrogen and oxygen atoms in total. The molecule has 0 saturated heterocycles. The molecule has 1 atom stereocenters. The maximum Gasteiger partial charge on any atom is 0.338 e. The van der Waals surface area contributed by atoms with Gasteiger partial charge in [0.15, 0.2) is 6.10 Å². The van der Waals surface area contributed by atoms with Crippen LogP contribution in [0.15, 0.2) is 41.2 Å². The fourth-order valence-electron chi connectivity index (χ4n) is 3.41. The highest BCUT2D eigenvalue weighted by molar-refractivity contribution is 5.98. The van der Waals surface area contributed by atoms with Crippen molar-refractivity contribution in [3.05, 3.63) is 69.5 Å². The van der Waals surface area contributed by atoms with Crippen LogP contribution in [0.2, 0.25) is 0 Å². The van der Waals surface area contributed by atoms with Crippen molar-refractivity contribution in [1.82, 2.24) is 9.55 Å². The average molecular weight is 409 g/mol. The van der Waals surface area contributed by atoms with Crippen LogP contribution in [0.4, 0.5) is 10.1 Å². The van der Waals surface area contributed by atoms with Gasteiger partial charge in [-0.15, -0.1) is 0 Å². The van der Waals surface area contributed by atoms with Crippen LogP contribution in [0.25, 0.3) is 10.9 Å². The zero-order chi connectivity index (χ0) is 21.4. The molecule has 1 aliphatic heterocycles. The summed E-state index contributed by atoms with van der Waals surface area (Å²) in [6.45, 7) is 3.70. The summed E-state index contributed by atoms with van der Waals surface area (Å²) in [6, 6.07) is 8.84. The first kappa shape index (κ1) is 19.8. The number of aromatic nitrogens is 2. The minimum Gasteiger partial charge on any atom is -0.449 e. The molecule has 3 aromatic rings. The Morgan fingerprint density at radius 1 is 1.23 bits per heavy atom. The molecule has 0 saturated carbocycles. The molecule has 1 aliphatic rings. The van der Waals surface area contributed by atoms with Crippen molar-refractivity contribution in [2.24, 2.45) is 0 Å². The summed E-state index contributed by atoms with van der Waals surface area (Å²) < 4.78 is 20.5. The molecule has 8 heteroatoms. The van der Waals surface area contributed by atoms with Gasteiger partial charge in [-0.05, 0) is 56.2 Å². The van der Waals surface area contributed by atoms with Crippen molar-refractivity contribution in [3.8, 4) is 0 Å². The lowest BCUT2D eigenvalue weighted by Gasteiger charge is -2.14. The van der Waals surface area contributed by atoms with Gasteiger partial charge in [-0.25, -0.2) is 14.2 Å². The summed E-state index contributed by atoms with van der Waals surface area (Å²) in [5.74, 6) is -1.03. The second-order valence-electron chi connectivity index (χ2n) is 7.32. The van der Waals surface area contributed by atoms with Crippen LogP contribution in [-0.2, 0) is 22.5 Å². The SMILES string of the molecule is Cc1ccc(NC(=O)[C@@H](C)OC(=O)c2ccc3c(=O)n4c(nc3c2)CCC4)cc1F. The highest BCUT2D eigenvalue weighted by atomic mass is 19.1. The van der Waals surface area contributed by atoms with E-state index in [9.17, 15) is 18.8 Å². The van der Waals surface area contributed by atoms with Gasteiger partial charge < -0.3 is 10.1 Å². The Labute approximate surface area is 171 Å². The van der Waals surface area contributed by atoms with Crippen molar-refractivity contribution >= 4 is 28.5 Å². The number of amides is 1. The lowest BCUT2D eigenvalue weighted by atomic mass is 10.1. The minimum absolute atomic E-state index is 0.120. The number of esters is 1. The number of carbonyl (C=O) groups is 2. The molecule has 30 heavy (non-hydrogen) atoms. The third-order valence-corrected chi connectivity index (χ3v) is 5.14. The first-order valence-electron chi connectivity index (χ1n) is 9.65. The van der Waals surface area contributed by atoms with Crippen molar-refractivity contribution in [1.29, 1.82) is 0 Å². The second-order valence-corrected chi connectivity index (χ2v) is 7.32. The van der Waals surface area contributed by atoms with E-state index in [1.165, 1.54) is 25.1 Å². The summed E-state index contributed by atoms with van der Waals surface area (Å²) in [6.07, 6.45) is 0.484. The Morgan fingerprint density at radius 3 is 2.80 bits per heavy atom. The van der Waals surface area contributed by atoms with Gasteiger partial charge in [0.25, 0.3) is 11.5 Å². The van der Waals surface area contributed by atoms with Gasteiger partial charge >= 0.3 is 5.97 Å². The van der Waals surface area contributed by atoms with Crippen LogP contribution in [0.5, 0.6) is 0 Å². The summed E-state index contributed by atoms with van der Waals surface area (Å²) in [5.41, 5.74) is 1.23. The molecule has 0 radical (unpaired) electrons. The third kappa shape index (κ3) is 3.68. The minimum atomic E-state index is -1.10. The molecule has 154 valence electrons. The number of ether oxygens (including phenoxy) is 1. The molecule has 2 aromatic carbocycles. The number of rotatable bonds is 4. The first-order valence-corrected chi connectivity index (χ1v) is 9.65. The van der Waals surface area contributed by atoms with Gasteiger partial charge in [0.1, 0.15) is 11.6 Å². The number of hydrogen-bond donors (Lipinski definition) is 1. The fraction of sp³-hybridized carbons (Fsp3) is 0.273. The quantitative estimate of drug-likeness (QED) is 0.669. The molecule has 1 N–H and O–H groups in total. The predicted octanol–water partition coefficient (Wildman–Crippen LogP) is 2.97. The largest absolute Gasteiger partial charge is 0.449 e. The summed E-state index contributed by atoms with van der Waals surface area (Å²) in [5, 5.41) is 2.95. The Morgan fingerprint density at radius 2 is 2.03 bits per heavy atom. The van der Waals surface area contributed by atoms with Crippen LogP contribution >= 0.6 is 0 Å². The van der Waals surface area contributed by atoms with E-state index >= 15 is 0 Å². The Bertz CT molecular complexity index is 1240. The topological polar surface area (TPSA) is 90.3 Å². The molecule has 2 heterocycles. The predicted molar refractivity (Wildman–Crippen MR) is 109 cm³/mol. The van der Waals surface area contributed by atoms with Gasteiger partial charge in [0, 0.05) is 18.7 Å². The van der Waals surface area contributed by atoms with E-state index in [0.717, 1.165) is 12.8 Å². The molecule has 1 aromatic heterocycles. The number of benzene rings is 2. The normalized spacial score (nSPS) is 13.7. The molecule has 0 unspecified atom stereocenters. The van der Waals surface area contributed by atoms with Crippen LogP contribution in [-0.4, -0.2) is 27.5 Å². The summed E-state index contributed by atoms with van der Waals surface area (Å²) in [4.78, 5) is 41.8. The maximum absolute atomic E-state index is 13.6. The zero-order valence-corrected chi connectivity index (χ0v) is 16.6. The second kappa shape index (κ2) is 7.70. The fourth-order valence-corrected chi connectivity index (χ4v) is 3.41. The number of aryl methyl sites for hydroxylation is 2. The Balaban J connectivity index is 1.49. The molecule has 0 fully saturated rings. The van der Waals surface area contributed by atoms with Crippen LogP contribution in [0.1, 0.15) is 35.1 Å². The van der Waals surface area contributed by atoms with Crippen molar-refractivity contribution in [3.63, 3.8) is 0 Å². The standard InChI is InChI=1S/C22H20FN3O4/c1-12-5-7-15(11-17(12)23)24-20(27)13(2)30-22(29)14-6-8-16-18(10-14)25-19-4-3-9-26(19)21(16)28/h5-8,10-11,13H,3-4,9H2,1-2H3,(H,24,27)/t13-/m1/s1. The number of carbonyl (C=O) groups excluding carboxylic acids is 2. The third-order valence-electron chi connectivity index (χ3n) is 5.14. The number of halogens is 1. The monoisotopic (exact) mass is 409 g/mol. The molecular weight excluding hydrogens is 389 g/mol. The van der Waals surface area contributed by atoms with E-state index < -0.39 is 23.8 Å². The van der Waals surface area contributed by atoms with E-state index in [4.69, 9.17) is 4.74 Å². The van der Waals surface area contributed by atoms with Gasteiger partial charge in [-0.2, -0.15) is 0 Å². The molecule has 0 aliphatic carbocycles. The lowest BCUT2D eigenvalue weighted by molar-refractivity contribution is -0.123. The van der Waals surface area contributed by atoms with E-state index in [-0.39, 0.29) is 16.8 Å². The van der Waals surface area contributed by atoms with E-state index in [2.05, 4.69) is 10.3 Å². The molecule has 0 bridgehead atoms. The van der Waals surface area contributed by atoms with E-state index in [0.29, 0.717) is 28.8 Å². The van der Waals surface area contributed by atoms with Crippen molar-refractivity contribution in [2.75, 3.05) is 5.32 Å². The van der Waals surface area contributed by atoms with Crippen LogP contribution in [0.3, 0.4) is 0 Å². The zero-order valence-electron chi connectivity index (χ0n) is 16.6. The number of fused-ring (bicyclic) bond motifs is 2. The number of nitrogens with one attached hydrogen (secondary N) is 1. The van der Waals surface area contributed by atoms with Gasteiger partial charge in [-0.3, -0.25) is 14.2 Å².